The van der Waals surface area contributed by atoms with Crippen molar-refractivity contribution in [3.63, 3.8) is 0 Å². The van der Waals surface area contributed by atoms with E-state index in [9.17, 15) is 5.11 Å². The van der Waals surface area contributed by atoms with E-state index in [1.54, 1.807) is 6.07 Å². The van der Waals surface area contributed by atoms with E-state index in [0.29, 0.717) is 24.1 Å². The van der Waals surface area contributed by atoms with E-state index < -0.39 is 6.10 Å². The summed E-state index contributed by atoms with van der Waals surface area (Å²) in [7, 11) is 0. The number of aliphatic hydroxyl groups is 1. The molecular formula is C18H22NO4+. The average Bonchev–Trinajstić information content (AvgIpc) is 3.06. The molecule has 0 aliphatic carbocycles. The number of quaternary nitrogens is 1. The van der Waals surface area contributed by atoms with Crippen LogP contribution in [0, 0.1) is 0 Å². The second-order valence-corrected chi connectivity index (χ2v) is 5.65. The van der Waals surface area contributed by atoms with E-state index in [-0.39, 0.29) is 13.4 Å². The van der Waals surface area contributed by atoms with Crippen molar-refractivity contribution < 1.29 is 24.6 Å². The minimum absolute atomic E-state index is 0.244. The second kappa shape index (κ2) is 7.35. The fourth-order valence-electron chi connectivity index (χ4n) is 2.48. The first kappa shape index (κ1) is 15.6. The van der Waals surface area contributed by atoms with E-state index in [4.69, 9.17) is 14.2 Å². The summed E-state index contributed by atoms with van der Waals surface area (Å²) in [5.41, 5.74) is 1.25. The molecule has 1 aliphatic heterocycles. The maximum Gasteiger partial charge on any atom is 0.231 e. The summed E-state index contributed by atoms with van der Waals surface area (Å²) in [4.78, 5) is 0. The summed E-state index contributed by atoms with van der Waals surface area (Å²) in [6.45, 7) is 3.20. The van der Waals surface area contributed by atoms with Gasteiger partial charge in [-0.2, -0.15) is 0 Å². The van der Waals surface area contributed by atoms with Crippen LogP contribution in [0.1, 0.15) is 18.5 Å². The standard InChI is InChI=1S/C18H21NO4/c1-13(14-5-3-2-4-6-14)19-10-15(20)11-21-16-7-8-17-18(9-16)23-12-22-17/h2-9,13,15,19-20H,10-12H2,1H3/p+1/t13-,15+/m0/s1. The Labute approximate surface area is 135 Å². The largest absolute Gasteiger partial charge is 0.491 e. The Morgan fingerprint density at radius 1 is 1.13 bits per heavy atom. The third kappa shape index (κ3) is 4.15. The van der Waals surface area contributed by atoms with Gasteiger partial charge in [0.05, 0.1) is 0 Å². The topological polar surface area (TPSA) is 64.5 Å². The molecule has 0 fully saturated rings. The molecule has 23 heavy (non-hydrogen) atoms. The number of aliphatic hydroxyl groups excluding tert-OH is 1. The summed E-state index contributed by atoms with van der Waals surface area (Å²) < 4.78 is 16.2. The lowest BCUT2D eigenvalue weighted by Crippen LogP contribution is -2.87. The summed E-state index contributed by atoms with van der Waals surface area (Å²) in [5, 5.41) is 12.2. The van der Waals surface area contributed by atoms with Crippen LogP contribution in [0.25, 0.3) is 0 Å². The van der Waals surface area contributed by atoms with E-state index >= 15 is 0 Å². The number of hydrogen-bond acceptors (Lipinski definition) is 4. The highest BCUT2D eigenvalue weighted by molar-refractivity contribution is 5.46. The zero-order valence-corrected chi connectivity index (χ0v) is 13.1. The van der Waals surface area contributed by atoms with Crippen LogP contribution >= 0.6 is 0 Å². The summed E-state index contributed by atoms with van der Waals surface area (Å²) >= 11 is 0. The smallest absolute Gasteiger partial charge is 0.231 e. The lowest BCUT2D eigenvalue weighted by molar-refractivity contribution is -0.698. The molecule has 1 heterocycles. The molecule has 0 saturated carbocycles. The number of nitrogens with two attached hydrogens (primary N) is 1. The zero-order chi connectivity index (χ0) is 16.1. The average molecular weight is 316 g/mol. The van der Waals surface area contributed by atoms with Gasteiger partial charge in [0.15, 0.2) is 11.5 Å². The Bertz CT molecular complexity index is 632. The van der Waals surface area contributed by atoms with Crippen LogP contribution < -0.4 is 19.5 Å². The van der Waals surface area contributed by atoms with Crippen molar-refractivity contribution in [2.24, 2.45) is 0 Å². The van der Waals surface area contributed by atoms with E-state index in [0.717, 1.165) is 5.75 Å². The minimum atomic E-state index is -0.536. The van der Waals surface area contributed by atoms with Gasteiger partial charge >= 0.3 is 0 Å². The van der Waals surface area contributed by atoms with Crippen LogP contribution in [0.3, 0.4) is 0 Å². The molecule has 0 saturated heterocycles. The van der Waals surface area contributed by atoms with Gasteiger partial charge in [0.2, 0.25) is 6.79 Å². The number of hydrogen-bond donors (Lipinski definition) is 2. The molecular weight excluding hydrogens is 294 g/mol. The maximum atomic E-state index is 10.1. The van der Waals surface area contributed by atoms with Crippen LogP contribution in [-0.4, -0.2) is 31.2 Å². The van der Waals surface area contributed by atoms with Crippen LogP contribution in [0.5, 0.6) is 17.2 Å². The summed E-state index contributed by atoms with van der Waals surface area (Å²) in [5.74, 6) is 2.08. The molecule has 0 spiro atoms. The molecule has 0 amide bonds. The van der Waals surface area contributed by atoms with Crippen molar-refractivity contribution >= 4 is 0 Å². The Morgan fingerprint density at radius 2 is 1.91 bits per heavy atom. The van der Waals surface area contributed by atoms with Crippen molar-refractivity contribution in [1.82, 2.24) is 0 Å². The van der Waals surface area contributed by atoms with Crippen LogP contribution in [-0.2, 0) is 0 Å². The Hall–Kier alpha value is -2.24. The van der Waals surface area contributed by atoms with Crippen LogP contribution in [0.15, 0.2) is 48.5 Å². The molecule has 3 rings (SSSR count). The quantitative estimate of drug-likeness (QED) is 0.812. The monoisotopic (exact) mass is 316 g/mol. The third-order valence-electron chi connectivity index (χ3n) is 3.87. The molecule has 2 aromatic rings. The zero-order valence-electron chi connectivity index (χ0n) is 13.1. The van der Waals surface area contributed by atoms with E-state index in [1.165, 1.54) is 5.56 Å². The third-order valence-corrected chi connectivity index (χ3v) is 3.87. The van der Waals surface area contributed by atoms with Gasteiger partial charge in [-0.25, -0.2) is 0 Å². The van der Waals surface area contributed by atoms with Gasteiger partial charge in [0.1, 0.15) is 31.0 Å². The van der Waals surface area contributed by atoms with Crippen molar-refractivity contribution in [3.05, 3.63) is 54.1 Å². The fraction of sp³-hybridized carbons (Fsp3) is 0.333. The Balaban J connectivity index is 1.44. The molecule has 1 aliphatic rings. The van der Waals surface area contributed by atoms with Gasteiger partial charge in [0.25, 0.3) is 0 Å². The molecule has 5 heteroatoms. The van der Waals surface area contributed by atoms with E-state index in [2.05, 4.69) is 24.4 Å². The Morgan fingerprint density at radius 3 is 2.74 bits per heavy atom. The van der Waals surface area contributed by atoms with Crippen molar-refractivity contribution in [2.45, 2.75) is 19.1 Å². The van der Waals surface area contributed by atoms with Gasteiger partial charge in [-0.05, 0) is 19.1 Å². The summed E-state index contributed by atoms with van der Waals surface area (Å²) in [6.07, 6.45) is -0.536. The summed E-state index contributed by atoms with van der Waals surface area (Å²) in [6, 6.07) is 16.0. The van der Waals surface area contributed by atoms with Crippen LogP contribution in [0.4, 0.5) is 0 Å². The lowest BCUT2D eigenvalue weighted by atomic mass is 10.1. The van der Waals surface area contributed by atoms with Gasteiger partial charge < -0.3 is 24.6 Å². The molecule has 0 bridgehead atoms. The molecule has 0 unspecified atom stereocenters. The molecule has 2 aromatic carbocycles. The first-order chi connectivity index (χ1) is 11.2. The highest BCUT2D eigenvalue weighted by atomic mass is 16.7. The predicted molar refractivity (Wildman–Crippen MR) is 85.7 cm³/mol. The van der Waals surface area contributed by atoms with Gasteiger partial charge in [-0.15, -0.1) is 0 Å². The molecule has 0 radical (unpaired) electrons. The van der Waals surface area contributed by atoms with Crippen molar-refractivity contribution in [3.8, 4) is 17.2 Å². The molecule has 2 atom stereocenters. The SMILES string of the molecule is C[C@H]([NH2+]C[C@@H](O)COc1ccc2c(c1)OCO2)c1ccccc1. The van der Waals surface area contributed by atoms with Crippen molar-refractivity contribution in [2.75, 3.05) is 19.9 Å². The normalized spacial score (nSPS) is 15.2. The number of ether oxygens (including phenoxy) is 3. The number of benzene rings is 2. The highest BCUT2D eigenvalue weighted by Crippen LogP contribution is 2.35. The Kier molecular flexibility index (Phi) is 5.00. The second-order valence-electron chi connectivity index (χ2n) is 5.65. The lowest BCUT2D eigenvalue weighted by Gasteiger charge is -2.15. The predicted octanol–water partition coefficient (Wildman–Crippen LogP) is 1.48. The fourth-order valence-corrected chi connectivity index (χ4v) is 2.48. The van der Waals surface area contributed by atoms with Gasteiger partial charge in [-0.1, -0.05) is 30.3 Å². The first-order valence-electron chi connectivity index (χ1n) is 7.81. The van der Waals surface area contributed by atoms with Gasteiger partial charge in [-0.3, -0.25) is 0 Å². The van der Waals surface area contributed by atoms with Gasteiger partial charge in [0, 0.05) is 11.6 Å². The maximum absolute atomic E-state index is 10.1. The number of rotatable bonds is 7. The van der Waals surface area contributed by atoms with E-state index in [1.807, 2.05) is 30.3 Å². The molecule has 122 valence electrons. The molecule has 0 aromatic heterocycles. The van der Waals surface area contributed by atoms with Crippen molar-refractivity contribution in [1.29, 1.82) is 0 Å². The first-order valence-corrected chi connectivity index (χ1v) is 7.81. The molecule has 3 N–H and O–H groups in total. The highest BCUT2D eigenvalue weighted by Gasteiger charge is 2.16. The molecule has 5 nitrogen and oxygen atoms in total. The number of fused-ring (bicyclic) bond motifs is 1. The minimum Gasteiger partial charge on any atom is -0.491 e. The van der Waals surface area contributed by atoms with Crippen LogP contribution in [0.2, 0.25) is 0 Å².